The second-order valence-corrected chi connectivity index (χ2v) is 23.4. The Morgan fingerprint density at radius 3 is 0.811 bits per heavy atom. The monoisotopic (exact) mass is 1270 g/mol. The Balaban J connectivity index is 0.000000147. The van der Waals surface area contributed by atoms with Crippen LogP contribution in [0.25, 0.3) is 179 Å². The maximum Gasteiger partial charge on any atom is 2.00 e. The van der Waals surface area contributed by atoms with Crippen LogP contribution < -0.4 is 11.1 Å². The van der Waals surface area contributed by atoms with Crippen molar-refractivity contribution in [1.82, 2.24) is 85.9 Å². The van der Waals surface area contributed by atoms with Crippen molar-refractivity contribution in [1.29, 1.82) is 0 Å². The van der Waals surface area contributed by atoms with Gasteiger partial charge in [-0.25, -0.2) is 66.7 Å². The number of rotatable bonds is 2. The molecule has 16 bridgehead atoms. The van der Waals surface area contributed by atoms with Crippen LogP contribution in [-0.4, -0.2) is 101 Å². The summed E-state index contributed by atoms with van der Waals surface area (Å²) in [6.07, 6.45) is 0. The van der Waals surface area contributed by atoms with E-state index >= 15 is 0 Å². The van der Waals surface area contributed by atoms with Crippen molar-refractivity contribution in [3.63, 3.8) is 0 Å². The number of H-pyrrole nitrogens is 3. The number of aromatic nitrogens is 16. The molecule has 6 aromatic heterocycles. The topological polar surface area (TPSA) is 367 Å². The molecule has 14 aromatic rings. The zero-order valence-corrected chi connectivity index (χ0v) is 48.8. The van der Waals surface area contributed by atoms with E-state index in [0.29, 0.717) is 96.7 Å². The van der Waals surface area contributed by atoms with E-state index in [0.717, 1.165) is 54.9 Å². The van der Waals surface area contributed by atoms with Crippen molar-refractivity contribution >= 4 is 109 Å². The Hall–Kier alpha value is -11.2. The van der Waals surface area contributed by atoms with Crippen molar-refractivity contribution < 1.29 is 43.0 Å². The van der Waals surface area contributed by atoms with Gasteiger partial charge in [-0.3, -0.25) is 0 Å². The number of benzene rings is 8. The van der Waals surface area contributed by atoms with Gasteiger partial charge < -0.3 is 45.2 Å². The van der Waals surface area contributed by atoms with E-state index in [2.05, 4.69) is 15.0 Å². The Morgan fingerprint density at radius 2 is 0.511 bits per heavy atom. The fourth-order valence-electron chi connectivity index (χ4n) is 11.7. The van der Waals surface area contributed by atoms with Gasteiger partial charge in [-0.2, -0.15) is 0 Å². The standard InChI is InChI=1S/C32H18N8O3S.C32H17N8O3S.Cu.H3N/c2*41-44(42,43)23-15-7-14-22-24(23)32-39-30-21-13-6-5-12-20(21)28(37-30)35-26-17-9-2-1-8-16(17)25(33-26)34-27-18-10-3-4-11-19(18)29(36-27)38-31(22)40-32;;/h1-15H,(H,41,42,43)(H2,33,34,35,36,37,38,39,40);1-15H,(H2-,33,34,35,36,37,38,39,40,41,42,43);;1H3/q;-1;+2;/p-1. The second kappa shape index (κ2) is 20.7. The number of quaternary nitrogens is 1. The molecule has 7 N–H and O–H groups in total. The Kier molecular flexibility index (Phi) is 12.7. The van der Waals surface area contributed by atoms with Gasteiger partial charge in [-0.1, -0.05) is 170 Å². The van der Waals surface area contributed by atoms with E-state index in [9.17, 15) is 25.9 Å². The van der Waals surface area contributed by atoms with Gasteiger partial charge in [0.1, 0.15) is 54.1 Å². The van der Waals surface area contributed by atoms with Crippen molar-refractivity contribution in [2.45, 2.75) is 9.79 Å². The average Bonchev–Trinajstić information content (AvgIpc) is 1.61. The summed E-state index contributed by atoms with van der Waals surface area (Å²) in [5.74, 6) is 3.00. The molecule has 0 atom stereocenters. The summed E-state index contributed by atoms with van der Waals surface area (Å²) in [5, 5.41) is 4.36. The summed E-state index contributed by atoms with van der Waals surface area (Å²) in [4.78, 5) is 71.6. The van der Waals surface area contributed by atoms with Crippen LogP contribution in [-0.2, 0) is 37.3 Å². The molecule has 0 fully saturated rings. The molecule has 8 aromatic carbocycles. The third-order valence-electron chi connectivity index (χ3n) is 15.6. The molecule has 10 heterocycles. The minimum Gasteiger partial charge on any atom is -0.744 e. The average molecular weight is 1270 g/mol. The second-order valence-electron chi connectivity index (χ2n) is 20.7. The summed E-state index contributed by atoms with van der Waals surface area (Å²) < 4.78 is 74.4. The van der Waals surface area contributed by atoms with Gasteiger partial charge in [-0.15, -0.1) is 0 Å². The molecule has 0 saturated carbocycles. The molecule has 4 aliphatic heterocycles. The molecule has 23 nitrogen and oxygen atoms in total. The summed E-state index contributed by atoms with van der Waals surface area (Å²) in [6.45, 7) is 0. The van der Waals surface area contributed by atoms with Gasteiger partial charge in [0.25, 0.3) is 0 Å². The first-order valence-electron chi connectivity index (χ1n) is 27.2. The molecule has 0 aliphatic carbocycles. The smallest absolute Gasteiger partial charge is 0.744 e. The molecule has 0 saturated heterocycles. The molecular weight excluding hydrogens is 1230 g/mol. The quantitative estimate of drug-likeness (QED) is 0.0922. The molecule has 0 spiro atoms. The van der Waals surface area contributed by atoms with Gasteiger partial charge in [0.15, 0.2) is 34.9 Å². The van der Waals surface area contributed by atoms with E-state index in [4.69, 9.17) is 64.8 Å². The van der Waals surface area contributed by atoms with Crippen LogP contribution in [0.3, 0.4) is 0 Å². The molecule has 90 heavy (non-hydrogen) atoms. The van der Waals surface area contributed by atoms with Crippen molar-refractivity contribution in [2.75, 3.05) is 0 Å². The van der Waals surface area contributed by atoms with Crippen molar-refractivity contribution in [2.24, 2.45) is 0 Å². The summed E-state index contributed by atoms with van der Waals surface area (Å²) >= 11 is 0. The zero-order chi connectivity index (χ0) is 59.2. The van der Waals surface area contributed by atoms with Crippen molar-refractivity contribution in [3.8, 4) is 91.1 Å². The van der Waals surface area contributed by atoms with Crippen LogP contribution in [0.5, 0.6) is 0 Å². The number of fused-ring (bicyclic) bond motifs is 40. The van der Waals surface area contributed by atoms with Crippen LogP contribution in [0, 0.1) is 0 Å². The van der Waals surface area contributed by atoms with Gasteiger partial charge in [0.05, 0.1) is 21.4 Å². The van der Waals surface area contributed by atoms with Crippen LogP contribution >= 0.6 is 0 Å². The van der Waals surface area contributed by atoms with Crippen LogP contribution in [0.1, 0.15) is 0 Å². The summed E-state index contributed by atoms with van der Waals surface area (Å²) in [7, 11) is -9.74. The fraction of sp³-hybridized carbons (Fsp3) is 0. The molecule has 4 aliphatic rings. The number of hydrogen-bond donors (Lipinski definition) is 4. The Bertz CT molecular complexity index is 5690. The van der Waals surface area contributed by atoms with Crippen LogP contribution in [0.15, 0.2) is 192 Å². The molecule has 26 heteroatoms. The molecular formula is C64H37CuN17O6S2. The minimum absolute atomic E-state index is 0. The van der Waals surface area contributed by atoms with E-state index in [1.54, 1.807) is 12.1 Å². The molecule has 437 valence electrons. The van der Waals surface area contributed by atoms with Crippen LogP contribution in [0.4, 0.5) is 0 Å². The Morgan fingerprint density at radius 1 is 0.278 bits per heavy atom. The van der Waals surface area contributed by atoms with Gasteiger partial charge in [0.2, 0.25) is 0 Å². The van der Waals surface area contributed by atoms with Gasteiger partial charge in [0, 0.05) is 88.1 Å². The maximum absolute atomic E-state index is 12.4. The number of nitrogens with zero attached hydrogens (tertiary/aromatic N) is 13. The van der Waals surface area contributed by atoms with Crippen molar-refractivity contribution in [3.05, 3.63) is 182 Å². The molecule has 0 amide bonds. The van der Waals surface area contributed by atoms with Gasteiger partial charge in [-0.05, 0) is 22.9 Å². The Labute approximate surface area is 517 Å². The zero-order valence-electron chi connectivity index (χ0n) is 46.2. The number of nitrogens with one attached hydrogen (secondary N) is 3. The summed E-state index contributed by atoms with van der Waals surface area (Å²) in [6, 6.07) is 54.5. The molecule has 0 unspecified atom stereocenters. The normalized spacial score (nSPS) is 12.1. The van der Waals surface area contributed by atoms with Gasteiger partial charge >= 0.3 is 17.1 Å². The third kappa shape index (κ3) is 8.88. The van der Waals surface area contributed by atoms with E-state index in [1.807, 2.05) is 146 Å². The first-order chi connectivity index (χ1) is 42.8. The third-order valence-corrected chi connectivity index (χ3v) is 17.3. The first kappa shape index (κ1) is 55.4. The maximum atomic E-state index is 12.4. The first-order valence-corrected chi connectivity index (χ1v) is 30.0. The van der Waals surface area contributed by atoms with E-state index in [-0.39, 0.29) is 50.9 Å². The number of hydrogen-bond acceptors (Lipinski definition) is 18. The van der Waals surface area contributed by atoms with Crippen LogP contribution in [0.2, 0.25) is 0 Å². The SMILES string of the molecule is O=S(=O)([O-])c1cccc2c3nc4nc(nc5[n-]c(nc6nc(nc([nH]3)c12)-c1ccccc1-6)c1ccccc51)-c1ccccc1-4.O=S(=O)([O-])c1cccc2c3nc4nc(nc5[nH]c(nc6nc(nc([nH]3)c12)-c1ccccc1-6)c1ccccc51)-c1ccccc1-4.[Cu+2].[NH4+]. The molecule has 18 rings (SSSR count). The summed E-state index contributed by atoms with van der Waals surface area (Å²) in [5.41, 5.74) is 8.76. The number of aromatic amines is 3. The van der Waals surface area contributed by atoms with E-state index in [1.165, 1.54) is 24.3 Å². The predicted octanol–water partition coefficient (Wildman–Crippen LogP) is 11.5. The predicted molar refractivity (Wildman–Crippen MR) is 333 cm³/mol. The van der Waals surface area contributed by atoms with E-state index < -0.39 is 30.0 Å². The largest absolute Gasteiger partial charge is 2.00 e. The molecule has 1 radical (unpaired) electrons. The minimum atomic E-state index is -4.87. The fourth-order valence-corrected chi connectivity index (χ4v) is 13.1.